The van der Waals surface area contributed by atoms with Crippen LogP contribution in [0.4, 0.5) is 0 Å². The van der Waals surface area contributed by atoms with Gasteiger partial charge in [-0.3, -0.25) is 14.4 Å². The third-order valence-corrected chi connectivity index (χ3v) is 13.8. The highest BCUT2D eigenvalue weighted by Gasteiger charge is 2.19. The van der Waals surface area contributed by atoms with Crippen molar-refractivity contribution in [3.63, 3.8) is 0 Å². The van der Waals surface area contributed by atoms with Crippen molar-refractivity contribution in [3.8, 4) is 0 Å². The van der Waals surface area contributed by atoms with Crippen LogP contribution in [0.25, 0.3) is 0 Å². The van der Waals surface area contributed by atoms with Crippen molar-refractivity contribution in [2.75, 3.05) is 13.2 Å². The predicted octanol–water partition coefficient (Wildman–Crippen LogP) is 22.0. The minimum atomic E-state index is -0.801. The zero-order chi connectivity index (χ0) is 55.0. The molecule has 0 fully saturated rings. The Balaban J connectivity index is 4.42. The minimum absolute atomic E-state index is 0.0942. The van der Waals surface area contributed by atoms with Crippen LogP contribution in [0.5, 0.6) is 0 Å². The Morgan fingerprint density at radius 3 is 0.829 bits per heavy atom. The van der Waals surface area contributed by atoms with Gasteiger partial charge in [-0.25, -0.2) is 0 Å². The molecule has 0 spiro atoms. The molecule has 0 rings (SSSR count). The number of carbonyl (C=O) groups excluding carboxylic acids is 3. The first-order chi connectivity index (χ1) is 37.5. The lowest BCUT2D eigenvalue weighted by Gasteiger charge is -2.18. The summed E-state index contributed by atoms with van der Waals surface area (Å²) >= 11 is 0. The van der Waals surface area contributed by atoms with Gasteiger partial charge in [-0.2, -0.15) is 0 Å². The Morgan fingerprint density at radius 1 is 0.276 bits per heavy atom. The molecule has 0 aliphatic carbocycles. The van der Waals surface area contributed by atoms with Crippen LogP contribution >= 0.6 is 0 Å². The zero-order valence-electron chi connectivity index (χ0n) is 50.0. The molecule has 0 saturated heterocycles. The van der Waals surface area contributed by atoms with E-state index in [9.17, 15) is 14.4 Å². The van der Waals surface area contributed by atoms with E-state index < -0.39 is 6.10 Å². The van der Waals surface area contributed by atoms with Crippen molar-refractivity contribution in [1.82, 2.24) is 0 Å². The summed E-state index contributed by atoms with van der Waals surface area (Å²) in [6, 6.07) is 0. The van der Waals surface area contributed by atoms with Crippen molar-refractivity contribution in [1.29, 1.82) is 0 Å². The van der Waals surface area contributed by atoms with Gasteiger partial charge in [0, 0.05) is 19.3 Å². The van der Waals surface area contributed by atoms with Gasteiger partial charge >= 0.3 is 17.9 Å². The summed E-state index contributed by atoms with van der Waals surface area (Å²) in [7, 11) is 0. The minimum Gasteiger partial charge on any atom is -0.462 e. The predicted molar refractivity (Wildman–Crippen MR) is 330 cm³/mol. The first-order valence-corrected chi connectivity index (χ1v) is 32.2. The van der Waals surface area contributed by atoms with Crippen LogP contribution in [-0.2, 0) is 28.6 Å². The molecule has 0 aliphatic rings. The van der Waals surface area contributed by atoms with Gasteiger partial charge < -0.3 is 14.2 Å². The largest absolute Gasteiger partial charge is 0.462 e. The molecule has 0 bridgehead atoms. The van der Waals surface area contributed by atoms with Gasteiger partial charge in [0.15, 0.2) is 6.10 Å². The number of esters is 3. The van der Waals surface area contributed by atoms with E-state index in [4.69, 9.17) is 14.2 Å². The maximum Gasteiger partial charge on any atom is 0.306 e. The Morgan fingerprint density at radius 2 is 0.513 bits per heavy atom. The Labute approximate surface area is 470 Å². The van der Waals surface area contributed by atoms with E-state index in [-0.39, 0.29) is 37.5 Å². The number of allylic oxidation sites excluding steroid dienone is 16. The van der Waals surface area contributed by atoms with E-state index in [0.29, 0.717) is 12.8 Å². The highest BCUT2D eigenvalue weighted by atomic mass is 16.6. The van der Waals surface area contributed by atoms with E-state index in [0.717, 1.165) is 109 Å². The molecule has 1 atom stereocenters. The number of unbranched alkanes of at least 4 members (excludes halogenated alkanes) is 31. The molecule has 0 radical (unpaired) electrons. The van der Waals surface area contributed by atoms with Crippen molar-refractivity contribution >= 4 is 17.9 Å². The van der Waals surface area contributed by atoms with E-state index >= 15 is 0 Å². The Kier molecular flexibility index (Phi) is 60.8. The lowest BCUT2D eigenvalue weighted by Crippen LogP contribution is -2.30. The first kappa shape index (κ1) is 72.3. The van der Waals surface area contributed by atoms with Crippen LogP contribution in [-0.4, -0.2) is 37.2 Å². The molecule has 76 heavy (non-hydrogen) atoms. The molecule has 0 aromatic heterocycles. The van der Waals surface area contributed by atoms with Crippen LogP contribution in [0.3, 0.4) is 0 Å². The van der Waals surface area contributed by atoms with Crippen LogP contribution in [0.15, 0.2) is 97.2 Å². The third-order valence-electron chi connectivity index (χ3n) is 13.8. The molecule has 1 unspecified atom stereocenters. The van der Waals surface area contributed by atoms with Crippen molar-refractivity contribution in [3.05, 3.63) is 97.2 Å². The average Bonchev–Trinajstić information content (AvgIpc) is 3.42. The summed E-state index contributed by atoms with van der Waals surface area (Å²) in [5.74, 6) is -0.927. The second-order valence-electron chi connectivity index (χ2n) is 21.3. The molecule has 0 saturated carbocycles. The maximum atomic E-state index is 12.9. The molecule has 6 nitrogen and oxygen atoms in total. The standard InChI is InChI=1S/C70H120O6/c1-4-7-10-13-16-19-22-25-28-31-33-34-35-36-38-39-42-45-48-51-54-57-60-63-69(72)75-66-67(65-74-68(71)62-59-56-53-50-47-44-41-30-27-24-21-18-15-12-9-6-3)76-70(73)64-61-58-55-52-49-46-43-40-37-32-29-26-23-20-17-14-11-8-5-2/h8,11,17,20,22,25-26,29-31,33,37,40-41,46,49,67H,4-7,9-10,12-16,18-19,21,23-24,27-28,32,34-36,38-39,42-45,47-48,50-66H2,1-3H3/b11-8-,20-17-,25-22-,29-26-,33-31-,40-37-,41-30-,49-46-. The number of hydrogen-bond donors (Lipinski definition) is 0. The number of rotatable bonds is 58. The summed E-state index contributed by atoms with van der Waals surface area (Å²) in [5, 5.41) is 0. The highest BCUT2D eigenvalue weighted by Crippen LogP contribution is 2.16. The van der Waals surface area contributed by atoms with Gasteiger partial charge in [0.25, 0.3) is 0 Å². The van der Waals surface area contributed by atoms with Gasteiger partial charge in [-0.05, 0) is 122 Å². The molecule has 436 valence electrons. The molecule has 0 aromatic rings. The van der Waals surface area contributed by atoms with Crippen molar-refractivity contribution in [2.45, 2.75) is 316 Å². The summed E-state index contributed by atoms with van der Waals surface area (Å²) in [4.78, 5) is 38.3. The monoisotopic (exact) mass is 1060 g/mol. The number of carbonyl (C=O) groups is 3. The normalized spacial score (nSPS) is 12.7. The molecule has 0 amide bonds. The topological polar surface area (TPSA) is 78.9 Å². The summed E-state index contributed by atoms with van der Waals surface area (Å²) < 4.78 is 16.9. The highest BCUT2D eigenvalue weighted by molar-refractivity contribution is 5.71. The maximum absolute atomic E-state index is 12.9. The molecule has 0 aromatic carbocycles. The summed E-state index contributed by atoms with van der Waals surface area (Å²) in [6.07, 6.45) is 85.5. The fourth-order valence-electron chi connectivity index (χ4n) is 8.97. The molecule has 0 N–H and O–H groups in total. The van der Waals surface area contributed by atoms with Gasteiger partial charge in [0.1, 0.15) is 13.2 Å². The fourth-order valence-corrected chi connectivity index (χ4v) is 8.97. The van der Waals surface area contributed by atoms with E-state index in [1.807, 2.05) is 0 Å². The second kappa shape index (κ2) is 63.9. The van der Waals surface area contributed by atoms with E-state index in [1.54, 1.807) is 0 Å². The number of ether oxygens (including phenoxy) is 3. The smallest absolute Gasteiger partial charge is 0.306 e. The summed E-state index contributed by atoms with van der Waals surface area (Å²) in [6.45, 7) is 6.50. The first-order valence-electron chi connectivity index (χ1n) is 32.2. The molecule has 0 aliphatic heterocycles. The fraction of sp³-hybridized carbons (Fsp3) is 0.729. The molecular formula is C70H120O6. The average molecular weight is 1060 g/mol. The van der Waals surface area contributed by atoms with Crippen molar-refractivity contribution in [2.24, 2.45) is 0 Å². The van der Waals surface area contributed by atoms with Gasteiger partial charge in [-0.1, -0.05) is 266 Å². The second-order valence-corrected chi connectivity index (χ2v) is 21.3. The lowest BCUT2D eigenvalue weighted by molar-refractivity contribution is -0.167. The van der Waals surface area contributed by atoms with Gasteiger partial charge in [0.05, 0.1) is 0 Å². The van der Waals surface area contributed by atoms with Gasteiger partial charge in [-0.15, -0.1) is 0 Å². The van der Waals surface area contributed by atoms with Crippen LogP contribution < -0.4 is 0 Å². The third kappa shape index (κ3) is 61.2. The van der Waals surface area contributed by atoms with E-state index in [2.05, 4.69) is 118 Å². The quantitative estimate of drug-likeness (QED) is 0.0261. The SMILES string of the molecule is CC/C=C\C/C=C\C/C=C\C/C=C\C/C=C\CCCCCC(=O)OC(COC(=O)CCCCCCC/C=C\CCCCCCCCC)COC(=O)CCCCCCCCCCCCC/C=C\C/C=C\CCCCCCC. The van der Waals surface area contributed by atoms with Crippen LogP contribution in [0.1, 0.15) is 310 Å². The van der Waals surface area contributed by atoms with Crippen LogP contribution in [0, 0.1) is 0 Å². The lowest BCUT2D eigenvalue weighted by atomic mass is 10.0. The van der Waals surface area contributed by atoms with Crippen molar-refractivity contribution < 1.29 is 28.6 Å². The number of hydrogen-bond acceptors (Lipinski definition) is 6. The van der Waals surface area contributed by atoms with Gasteiger partial charge in [0.2, 0.25) is 0 Å². The molecule has 0 heterocycles. The Bertz CT molecular complexity index is 1490. The van der Waals surface area contributed by atoms with Crippen LogP contribution in [0.2, 0.25) is 0 Å². The molecule has 6 heteroatoms. The zero-order valence-corrected chi connectivity index (χ0v) is 50.0. The molecular weight excluding hydrogens is 937 g/mol. The summed E-state index contributed by atoms with van der Waals surface area (Å²) in [5.41, 5.74) is 0. The van der Waals surface area contributed by atoms with E-state index in [1.165, 1.54) is 161 Å². The Hall–Kier alpha value is -3.67.